The SMILES string of the molecule is COc1c(Cl)cc(C(=O)NC(=S)Nc2cc(Br)c(O)c(Br)c2)cc1Cl. The van der Waals surface area contributed by atoms with Gasteiger partial charge in [0, 0.05) is 11.3 Å². The summed E-state index contributed by atoms with van der Waals surface area (Å²) in [5.74, 6) is -0.136. The number of nitrogens with one attached hydrogen (secondary N) is 2. The second kappa shape index (κ2) is 8.55. The van der Waals surface area contributed by atoms with Crippen molar-refractivity contribution in [3.63, 3.8) is 0 Å². The third kappa shape index (κ3) is 4.98. The van der Waals surface area contributed by atoms with E-state index >= 15 is 0 Å². The lowest BCUT2D eigenvalue weighted by Crippen LogP contribution is -2.34. The average molecular weight is 529 g/mol. The van der Waals surface area contributed by atoms with E-state index in [1.807, 2.05) is 0 Å². The van der Waals surface area contributed by atoms with E-state index < -0.39 is 5.91 Å². The molecule has 132 valence electrons. The fourth-order valence-corrected chi connectivity index (χ4v) is 3.90. The molecular formula is C15H10Br2Cl2N2O3S. The summed E-state index contributed by atoms with van der Waals surface area (Å²) in [7, 11) is 1.43. The molecule has 0 radical (unpaired) electrons. The Hall–Kier alpha value is -1.06. The molecule has 5 nitrogen and oxygen atoms in total. The van der Waals surface area contributed by atoms with Gasteiger partial charge in [0.2, 0.25) is 0 Å². The van der Waals surface area contributed by atoms with Crippen LogP contribution in [0.3, 0.4) is 0 Å². The van der Waals surface area contributed by atoms with Gasteiger partial charge in [-0.15, -0.1) is 0 Å². The molecule has 0 fully saturated rings. The van der Waals surface area contributed by atoms with Gasteiger partial charge in [-0.2, -0.15) is 0 Å². The number of carbonyl (C=O) groups excluding carboxylic acids is 1. The number of ether oxygens (including phenoxy) is 1. The van der Waals surface area contributed by atoms with Gasteiger partial charge in [0.25, 0.3) is 5.91 Å². The second-order valence-corrected chi connectivity index (χ2v) is 7.60. The topological polar surface area (TPSA) is 70.6 Å². The van der Waals surface area contributed by atoms with E-state index in [1.165, 1.54) is 19.2 Å². The quantitative estimate of drug-likeness (QED) is 0.369. The summed E-state index contributed by atoms with van der Waals surface area (Å²) in [6.45, 7) is 0. The third-order valence-electron chi connectivity index (χ3n) is 2.97. The number of benzene rings is 2. The van der Waals surface area contributed by atoms with Crippen molar-refractivity contribution in [2.45, 2.75) is 0 Å². The van der Waals surface area contributed by atoms with Crippen molar-refractivity contribution in [2.24, 2.45) is 0 Å². The molecular weight excluding hydrogens is 519 g/mol. The monoisotopic (exact) mass is 526 g/mol. The molecule has 0 bridgehead atoms. The first kappa shape index (κ1) is 20.3. The van der Waals surface area contributed by atoms with Gasteiger partial charge in [0.15, 0.2) is 10.9 Å². The van der Waals surface area contributed by atoms with Gasteiger partial charge >= 0.3 is 0 Å². The molecule has 0 aliphatic rings. The van der Waals surface area contributed by atoms with E-state index in [0.29, 0.717) is 20.4 Å². The lowest BCUT2D eigenvalue weighted by atomic mass is 10.2. The Kier molecular flexibility index (Phi) is 6.93. The standard InChI is InChI=1S/C15H10Br2Cl2N2O3S/c1-24-13-10(18)2-6(3-11(13)19)14(23)21-15(25)20-7-4-8(16)12(22)9(17)5-7/h2-5,22H,1H3,(H2,20,21,23,25). The summed E-state index contributed by atoms with van der Waals surface area (Å²) in [6.07, 6.45) is 0. The third-order valence-corrected chi connectivity index (χ3v) is 4.94. The average Bonchev–Trinajstić information content (AvgIpc) is 2.52. The Morgan fingerprint density at radius 3 is 2.16 bits per heavy atom. The fourth-order valence-electron chi connectivity index (χ4n) is 1.86. The molecule has 0 aromatic heterocycles. The normalized spacial score (nSPS) is 10.3. The Morgan fingerprint density at radius 2 is 1.68 bits per heavy atom. The molecule has 3 N–H and O–H groups in total. The van der Waals surface area contributed by atoms with E-state index in [1.54, 1.807) is 12.1 Å². The molecule has 10 heteroatoms. The van der Waals surface area contributed by atoms with Gasteiger partial charge in [-0.25, -0.2) is 0 Å². The molecule has 2 aromatic carbocycles. The van der Waals surface area contributed by atoms with Crippen LogP contribution in [0.15, 0.2) is 33.2 Å². The van der Waals surface area contributed by atoms with Crippen LogP contribution in [0.4, 0.5) is 5.69 Å². The summed E-state index contributed by atoms with van der Waals surface area (Å²) in [6, 6.07) is 6.08. The molecule has 0 spiro atoms. The number of phenols is 1. The number of halogens is 4. The number of aromatic hydroxyl groups is 1. The van der Waals surface area contributed by atoms with Gasteiger partial charge in [0.1, 0.15) is 5.75 Å². The molecule has 0 heterocycles. The number of methoxy groups -OCH3 is 1. The van der Waals surface area contributed by atoms with Crippen LogP contribution in [0.1, 0.15) is 10.4 Å². The minimum atomic E-state index is -0.485. The summed E-state index contributed by atoms with van der Waals surface area (Å²) in [5.41, 5.74) is 0.792. The highest BCUT2D eigenvalue weighted by molar-refractivity contribution is 9.11. The maximum atomic E-state index is 12.3. The predicted octanol–water partition coefficient (Wildman–Crippen LogP) is 5.36. The molecule has 25 heavy (non-hydrogen) atoms. The number of hydrogen-bond donors (Lipinski definition) is 3. The maximum absolute atomic E-state index is 12.3. The fraction of sp³-hybridized carbons (Fsp3) is 0.0667. The van der Waals surface area contributed by atoms with E-state index in [4.69, 9.17) is 40.2 Å². The van der Waals surface area contributed by atoms with Crippen molar-refractivity contribution in [3.8, 4) is 11.5 Å². The zero-order valence-corrected chi connectivity index (χ0v) is 18.0. The molecule has 0 atom stereocenters. The van der Waals surface area contributed by atoms with Crippen molar-refractivity contribution in [1.82, 2.24) is 5.32 Å². The number of thiocarbonyl (C=S) groups is 1. The first-order valence-electron chi connectivity index (χ1n) is 6.56. The zero-order valence-electron chi connectivity index (χ0n) is 12.5. The largest absolute Gasteiger partial charge is 0.506 e. The lowest BCUT2D eigenvalue weighted by Gasteiger charge is -2.12. The van der Waals surface area contributed by atoms with Crippen molar-refractivity contribution in [2.75, 3.05) is 12.4 Å². The zero-order chi connectivity index (χ0) is 18.7. The lowest BCUT2D eigenvalue weighted by molar-refractivity contribution is 0.0977. The molecule has 0 aliphatic heterocycles. The Morgan fingerprint density at radius 1 is 1.16 bits per heavy atom. The molecule has 2 rings (SSSR count). The van der Waals surface area contributed by atoms with E-state index in [2.05, 4.69) is 42.5 Å². The van der Waals surface area contributed by atoms with Crippen LogP contribution >= 0.6 is 67.3 Å². The predicted molar refractivity (Wildman–Crippen MR) is 110 cm³/mol. The van der Waals surface area contributed by atoms with Gasteiger partial charge < -0.3 is 15.2 Å². The number of amides is 1. The highest BCUT2D eigenvalue weighted by atomic mass is 79.9. The van der Waals surface area contributed by atoms with E-state index in [0.717, 1.165) is 0 Å². The minimum Gasteiger partial charge on any atom is -0.506 e. The van der Waals surface area contributed by atoms with Gasteiger partial charge in [-0.05, 0) is 68.3 Å². The molecule has 0 aliphatic carbocycles. The molecule has 2 aromatic rings. The van der Waals surface area contributed by atoms with Crippen molar-refractivity contribution < 1.29 is 14.6 Å². The number of rotatable bonds is 3. The Labute approximate surface area is 175 Å². The van der Waals surface area contributed by atoms with Crippen LogP contribution < -0.4 is 15.4 Å². The second-order valence-electron chi connectivity index (χ2n) is 4.67. The number of carbonyl (C=O) groups is 1. The van der Waals surface area contributed by atoms with E-state index in [-0.39, 0.29) is 26.5 Å². The molecule has 0 unspecified atom stereocenters. The van der Waals surface area contributed by atoms with Crippen LogP contribution in [0.25, 0.3) is 0 Å². The van der Waals surface area contributed by atoms with Crippen molar-refractivity contribution in [3.05, 3.63) is 48.8 Å². The van der Waals surface area contributed by atoms with E-state index in [9.17, 15) is 9.90 Å². The van der Waals surface area contributed by atoms with Crippen LogP contribution in [0.5, 0.6) is 11.5 Å². The number of phenolic OH excluding ortho intramolecular Hbond substituents is 1. The first-order chi connectivity index (χ1) is 11.7. The Balaban J connectivity index is 2.12. The van der Waals surface area contributed by atoms with Crippen molar-refractivity contribution >= 4 is 84.0 Å². The smallest absolute Gasteiger partial charge is 0.257 e. The minimum absolute atomic E-state index is 0.0584. The van der Waals surface area contributed by atoms with Crippen LogP contribution in [-0.2, 0) is 0 Å². The van der Waals surface area contributed by atoms with Gasteiger partial charge in [-0.1, -0.05) is 23.2 Å². The highest BCUT2D eigenvalue weighted by Gasteiger charge is 2.15. The molecule has 0 saturated heterocycles. The summed E-state index contributed by atoms with van der Waals surface area (Å²) >= 11 is 23.6. The summed E-state index contributed by atoms with van der Waals surface area (Å²) in [5, 5.41) is 15.5. The highest BCUT2D eigenvalue weighted by Crippen LogP contribution is 2.35. The van der Waals surface area contributed by atoms with Gasteiger partial charge in [0.05, 0.1) is 26.1 Å². The number of anilines is 1. The van der Waals surface area contributed by atoms with Crippen LogP contribution in [0, 0.1) is 0 Å². The van der Waals surface area contributed by atoms with Gasteiger partial charge in [-0.3, -0.25) is 10.1 Å². The first-order valence-corrected chi connectivity index (χ1v) is 9.31. The van der Waals surface area contributed by atoms with Crippen LogP contribution in [-0.4, -0.2) is 23.2 Å². The van der Waals surface area contributed by atoms with Crippen molar-refractivity contribution in [1.29, 1.82) is 0 Å². The summed E-state index contributed by atoms with van der Waals surface area (Å²) < 4.78 is 5.97. The Bertz CT molecular complexity index is 819. The molecule has 0 saturated carbocycles. The molecule has 1 amide bonds. The van der Waals surface area contributed by atoms with Crippen LogP contribution in [0.2, 0.25) is 10.0 Å². The summed E-state index contributed by atoms with van der Waals surface area (Å²) in [4.78, 5) is 12.3. The number of hydrogen-bond acceptors (Lipinski definition) is 4. The maximum Gasteiger partial charge on any atom is 0.257 e.